The predicted octanol–water partition coefficient (Wildman–Crippen LogP) is 11.3. The van der Waals surface area contributed by atoms with Gasteiger partial charge in [0.1, 0.15) is 52.5 Å². The monoisotopic (exact) mass is 1360 g/mol. The Bertz CT molecular complexity index is 5240. The molecule has 6 aromatic carbocycles. The highest BCUT2D eigenvalue weighted by Crippen LogP contribution is 2.48. The minimum atomic E-state index is -1.29. The van der Waals surface area contributed by atoms with Crippen LogP contribution in [0.25, 0.3) is 100 Å². The van der Waals surface area contributed by atoms with Crippen LogP contribution in [0, 0.1) is 34.9 Å². The fourth-order valence-electron chi connectivity index (χ4n) is 10.3. The fourth-order valence-corrected chi connectivity index (χ4v) is 10.4. The molecule has 0 bridgehead atoms. The zero-order valence-corrected chi connectivity index (χ0v) is 50.0. The summed E-state index contributed by atoms with van der Waals surface area (Å²) in [5, 5.41) is 71.4. The second-order valence-corrected chi connectivity index (χ2v) is 20.8. The molecule has 29 heteroatoms. The van der Waals surface area contributed by atoms with Gasteiger partial charge in [-0.05, 0) is 71.3 Å². The van der Waals surface area contributed by atoms with E-state index in [-0.39, 0.29) is 166 Å². The van der Waals surface area contributed by atoms with Crippen LogP contribution in [0.5, 0.6) is 17.2 Å². The Balaban J connectivity index is 0.000000161. The lowest BCUT2D eigenvalue weighted by Gasteiger charge is -2.19. The maximum absolute atomic E-state index is 14.7. The summed E-state index contributed by atoms with van der Waals surface area (Å²) in [6.45, 7) is -1.02. The van der Waals surface area contributed by atoms with Crippen LogP contribution in [0.15, 0.2) is 161 Å². The van der Waals surface area contributed by atoms with Gasteiger partial charge in [-0.25, -0.2) is 40.7 Å². The molecule has 3 aliphatic heterocycles. The second kappa shape index (κ2) is 28.6. The van der Waals surface area contributed by atoms with Crippen LogP contribution in [0.4, 0.5) is 26.3 Å². The highest BCUT2D eigenvalue weighted by molar-refractivity contribution is 6.27. The van der Waals surface area contributed by atoms with Gasteiger partial charge in [0.15, 0.2) is 52.2 Å². The van der Waals surface area contributed by atoms with Gasteiger partial charge in [-0.15, -0.1) is 23.2 Å². The zero-order valence-electron chi connectivity index (χ0n) is 48.5. The number of fused-ring (bicyclic) bond motifs is 6. The highest BCUT2D eigenvalue weighted by Gasteiger charge is 2.30. The molecular formula is C67H43Cl2F6N3O18. The summed E-state index contributed by atoms with van der Waals surface area (Å²) in [4.78, 5) is 92.3. The number of nitrogens with two attached hydrogens (primary N) is 1. The Hall–Kier alpha value is -11.8. The number of hydrogen-bond donors (Lipinski definition) is 10. The van der Waals surface area contributed by atoms with Crippen molar-refractivity contribution < 1.29 is 99.3 Å². The standard InChI is InChI=1S/C23H14ClF2NO6.C21H13F2NO5.C20H10F2O5.C3H6ClNO2/c24-8-19(29)27-9-14-21(30)16(26)6-13-20(10-3-1-2-4-11(10)23(31)32)12-5-15(25)17(28)7-18(12)33-22(13)14;22-14-5-11-17(7-16(14)25)29-20-12(6-15(23)19(26)13(20)8-24)18(11)9-3-1-2-4-10(9)21(27)28;21-13-5-11-17(7-15(13)23)27-18-8-16(24)14(22)6-12(18)19(11)9-3-1-2-4-10(9)20(25)26;4-1-3(7)5-2-6/h1-7,30H,8-9H2,(H,27,29)(H,31,32);1-7,26H,8,24H2,(H,27,28);1-8,23H,(H,25,26);6H,1-2H2,(H,5,7). The first-order chi connectivity index (χ1) is 45.7. The van der Waals surface area contributed by atoms with Crippen LogP contribution >= 0.6 is 23.2 Å². The molecule has 0 saturated carbocycles. The third kappa shape index (κ3) is 13.7. The molecule has 12 rings (SSSR count). The number of rotatable bonds is 12. The fraction of sp³-hybridized carbons (Fsp3) is 0.0746. The summed E-state index contributed by atoms with van der Waals surface area (Å²) in [7, 11) is 0. The van der Waals surface area contributed by atoms with Crippen molar-refractivity contribution in [2.45, 2.75) is 13.1 Å². The van der Waals surface area contributed by atoms with Crippen molar-refractivity contribution in [3.63, 3.8) is 0 Å². The predicted molar refractivity (Wildman–Crippen MR) is 336 cm³/mol. The summed E-state index contributed by atoms with van der Waals surface area (Å²) >= 11 is 10.5. The van der Waals surface area contributed by atoms with Gasteiger partial charge in [0.25, 0.3) is 0 Å². The average molecular weight is 1360 g/mol. The smallest absolute Gasteiger partial charge is 0.336 e. The molecule has 0 spiro atoms. The Morgan fingerprint density at radius 3 is 1.17 bits per heavy atom. The molecule has 0 fully saturated rings. The van der Waals surface area contributed by atoms with Gasteiger partial charge >= 0.3 is 17.9 Å². The number of halogens is 8. The number of carbonyl (C=O) groups excluding carboxylic acids is 2. The van der Waals surface area contributed by atoms with Crippen molar-refractivity contribution in [3.05, 3.63) is 227 Å². The van der Waals surface area contributed by atoms with Crippen molar-refractivity contribution in [2.75, 3.05) is 18.5 Å². The molecule has 11 N–H and O–H groups in total. The van der Waals surface area contributed by atoms with Gasteiger partial charge in [-0.2, -0.15) is 0 Å². The maximum atomic E-state index is 14.7. The summed E-state index contributed by atoms with van der Waals surface area (Å²) in [5.74, 6) is -13.9. The van der Waals surface area contributed by atoms with Gasteiger partial charge in [-0.1, -0.05) is 54.6 Å². The number of phenolic OH excluding ortho intramolecular Hbond substituents is 3. The number of alkyl halides is 2. The molecule has 6 aliphatic rings. The molecule has 6 aromatic rings. The number of phenols is 3. The third-order valence-corrected chi connectivity index (χ3v) is 15.0. The first-order valence-corrected chi connectivity index (χ1v) is 28.5. The molecule has 0 aromatic heterocycles. The average Bonchev–Trinajstić information content (AvgIpc) is 0.746. The number of aromatic hydroxyl groups is 3. The van der Waals surface area contributed by atoms with Gasteiger partial charge < -0.3 is 65.4 Å². The molecule has 96 heavy (non-hydrogen) atoms. The van der Waals surface area contributed by atoms with E-state index in [0.29, 0.717) is 0 Å². The quantitative estimate of drug-likeness (QED) is 0.0235. The number of carboxylic acid groups (broad SMARTS) is 3. The van der Waals surface area contributed by atoms with Gasteiger partial charge in [-0.3, -0.25) is 24.0 Å². The number of nitrogens with one attached hydrogen (secondary N) is 2. The molecular weight excluding hydrogens is 1320 g/mol. The number of amides is 2. The third-order valence-electron chi connectivity index (χ3n) is 14.5. The van der Waals surface area contributed by atoms with E-state index >= 15 is 0 Å². The van der Waals surface area contributed by atoms with E-state index in [9.17, 15) is 95.3 Å². The summed E-state index contributed by atoms with van der Waals surface area (Å²) in [5.41, 5.74) is 3.17. The second-order valence-electron chi connectivity index (χ2n) is 20.3. The lowest BCUT2D eigenvalue weighted by Crippen LogP contribution is -2.24. The van der Waals surface area contributed by atoms with Gasteiger partial charge in [0, 0.05) is 80.3 Å². The molecule has 0 radical (unpaired) electrons. The number of aliphatic hydroxyl groups excluding tert-OH is 1. The topological polar surface area (TPSA) is 368 Å². The maximum Gasteiger partial charge on any atom is 0.336 e. The van der Waals surface area contributed by atoms with Crippen molar-refractivity contribution in [1.82, 2.24) is 10.6 Å². The lowest BCUT2D eigenvalue weighted by atomic mass is 9.89. The number of benzene rings is 9. The van der Waals surface area contributed by atoms with Crippen LogP contribution in [0.2, 0.25) is 0 Å². The first kappa shape index (κ1) is 68.6. The van der Waals surface area contributed by atoms with Crippen molar-refractivity contribution in [3.8, 4) is 84.6 Å². The van der Waals surface area contributed by atoms with Gasteiger partial charge in [0.2, 0.25) is 28.1 Å². The van der Waals surface area contributed by atoms with Crippen LogP contribution in [0.1, 0.15) is 42.2 Å². The van der Waals surface area contributed by atoms with Crippen LogP contribution in [-0.4, -0.2) is 84.0 Å². The van der Waals surface area contributed by atoms with E-state index in [0.717, 1.165) is 60.7 Å². The van der Waals surface area contributed by atoms with E-state index in [1.807, 2.05) is 0 Å². The van der Waals surface area contributed by atoms with Crippen LogP contribution in [-0.2, 0) is 22.7 Å². The van der Waals surface area contributed by atoms with E-state index in [4.69, 9.17) is 47.3 Å². The van der Waals surface area contributed by atoms with Gasteiger partial charge in [0.05, 0.1) is 34.4 Å². The minimum absolute atomic E-state index is 0.000304. The molecule has 0 saturated heterocycles. The molecule has 490 valence electrons. The van der Waals surface area contributed by atoms with E-state index in [1.54, 1.807) is 18.2 Å². The Morgan fingerprint density at radius 1 is 0.438 bits per heavy atom. The van der Waals surface area contributed by atoms with E-state index < -0.39 is 92.3 Å². The van der Waals surface area contributed by atoms with Crippen molar-refractivity contribution >= 4 is 85.8 Å². The minimum Gasteiger partial charge on any atom is -0.505 e. The van der Waals surface area contributed by atoms with Crippen molar-refractivity contribution in [2.24, 2.45) is 5.73 Å². The summed E-state index contributed by atoms with van der Waals surface area (Å²) in [6, 6.07) is 27.0. The number of carboxylic acids is 3. The van der Waals surface area contributed by atoms with Crippen LogP contribution in [0.3, 0.4) is 0 Å². The highest BCUT2D eigenvalue weighted by atomic mass is 35.5. The number of aromatic carboxylic acids is 3. The van der Waals surface area contributed by atoms with Crippen molar-refractivity contribution in [1.29, 1.82) is 0 Å². The molecule has 3 aliphatic carbocycles. The summed E-state index contributed by atoms with van der Waals surface area (Å²) in [6.07, 6.45) is 0. The SMILES string of the molecule is NCc1c(O)c(F)cc2c(-c3ccccc3C(=O)O)c3cc(F)c(=O)cc-3oc12.O=C(CCl)NCO.O=C(CCl)NCc1c(O)c(F)cc2c(-c3ccccc3C(=O)O)c3cc(F)c(=O)cc-3oc12.O=C(O)c1ccccc1-c1c2cc(F)c(=O)cc-2oc2cc(O)c(F)cc12. The first-order valence-electron chi connectivity index (χ1n) is 27.5. The number of carbonyl (C=O) groups is 5. The largest absolute Gasteiger partial charge is 0.505 e. The normalized spacial score (nSPS) is 11.0. The molecule has 2 amide bonds. The lowest BCUT2D eigenvalue weighted by molar-refractivity contribution is -0.120. The Labute approximate surface area is 542 Å². The summed E-state index contributed by atoms with van der Waals surface area (Å²) < 4.78 is 102. The van der Waals surface area contributed by atoms with E-state index in [1.165, 1.54) is 54.6 Å². The Morgan fingerprint density at radius 2 is 0.792 bits per heavy atom. The molecule has 3 heterocycles. The Kier molecular flexibility index (Phi) is 20.4. The molecule has 0 atom stereocenters. The number of hydrogen-bond acceptors (Lipinski definition) is 16. The zero-order chi connectivity index (χ0) is 69.7. The molecule has 0 unspecified atom stereocenters. The molecule has 21 nitrogen and oxygen atoms in total. The van der Waals surface area contributed by atoms with Crippen LogP contribution < -0.4 is 32.7 Å². The number of aliphatic hydroxyl groups is 1. The van der Waals surface area contributed by atoms with E-state index in [2.05, 4.69) is 10.6 Å².